The zero-order valence-corrected chi connectivity index (χ0v) is 19.2. The first-order valence-corrected chi connectivity index (χ1v) is 11.3. The molecule has 1 saturated heterocycles. The maximum absolute atomic E-state index is 5.51. The van der Waals surface area contributed by atoms with Gasteiger partial charge in [-0.05, 0) is 25.8 Å². The van der Waals surface area contributed by atoms with Crippen molar-refractivity contribution in [3.63, 3.8) is 0 Å². The minimum Gasteiger partial charge on any atom is -0.379 e. The van der Waals surface area contributed by atoms with E-state index >= 15 is 0 Å². The van der Waals surface area contributed by atoms with Crippen molar-refractivity contribution in [2.24, 2.45) is 4.99 Å². The van der Waals surface area contributed by atoms with Gasteiger partial charge in [0.2, 0.25) is 0 Å². The van der Waals surface area contributed by atoms with Gasteiger partial charge in [0.25, 0.3) is 0 Å². The number of aromatic nitrogens is 3. The predicted molar refractivity (Wildman–Crippen MR) is 124 cm³/mol. The topological polar surface area (TPSA) is 79.6 Å². The van der Waals surface area contributed by atoms with E-state index in [0.717, 1.165) is 77.1 Å². The summed E-state index contributed by atoms with van der Waals surface area (Å²) in [4.78, 5) is 7.40. The molecule has 1 fully saturated rings. The van der Waals surface area contributed by atoms with Crippen LogP contribution in [-0.4, -0.2) is 77.1 Å². The number of aliphatic imine (C=N–C) groups is 1. The third-order valence-electron chi connectivity index (χ3n) is 5.70. The molecule has 2 N–H and O–H groups in total. The summed E-state index contributed by atoms with van der Waals surface area (Å²) < 4.78 is 7.60. The molecule has 8 heteroatoms. The van der Waals surface area contributed by atoms with Gasteiger partial charge in [-0.2, -0.15) is 0 Å². The standard InChI is InChI=1S/C23H37N7O/c1-4-21-28-27-19-29(21)13-12-25-22(24-11-10-20-8-6-5-7-9-20)26-18-23(2,3)30-14-16-31-17-15-30/h5-9,19H,4,10-18H2,1-3H3,(H2,24,25,26). The third-order valence-corrected chi connectivity index (χ3v) is 5.70. The number of rotatable bonds is 10. The molecule has 0 amide bonds. The van der Waals surface area contributed by atoms with E-state index in [2.05, 4.69) is 81.4 Å². The van der Waals surface area contributed by atoms with Gasteiger partial charge in [0.15, 0.2) is 5.96 Å². The van der Waals surface area contributed by atoms with E-state index in [4.69, 9.17) is 9.73 Å². The fraction of sp³-hybridized carbons (Fsp3) is 0.609. The molecule has 1 aliphatic heterocycles. The van der Waals surface area contributed by atoms with Gasteiger partial charge in [0, 0.05) is 44.7 Å². The summed E-state index contributed by atoms with van der Waals surface area (Å²) in [6.45, 7) is 13.3. The molecular weight excluding hydrogens is 390 g/mol. The summed E-state index contributed by atoms with van der Waals surface area (Å²) in [7, 11) is 0. The second-order valence-corrected chi connectivity index (χ2v) is 8.46. The fourth-order valence-corrected chi connectivity index (χ4v) is 3.72. The van der Waals surface area contributed by atoms with Crippen LogP contribution >= 0.6 is 0 Å². The van der Waals surface area contributed by atoms with E-state index in [-0.39, 0.29) is 5.54 Å². The molecule has 0 aliphatic carbocycles. The normalized spacial score (nSPS) is 15.8. The van der Waals surface area contributed by atoms with Crippen LogP contribution in [0.3, 0.4) is 0 Å². The smallest absolute Gasteiger partial charge is 0.191 e. The van der Waals surface area contributed by atoms with Gasteiger partial charge in [0.1, 0.15) is 12.2 Å². The second-order valence-electron chi connectivity index (χ2n) is 8.46. The van der Waals surface area contributed by atoms with Crippen LogP contribution in [0.2, 0.25) is 0 Å². The lowest BCUT2D eigenvalue weighted by Crippen LogP contribution is -2.52. The molecule has 2 heterocycles. The largest absolute Gasteiger partial charge is 0.379 e. The van der Waals surface area contributed by atoms with Gasteiger partial charge in [-0.1, -0.05) is 37.3 Å². The van der Waals surface area contributed by atoms with Crippen LogP contribution in [0.1, 0.15) is 32.2 Å². The molecule has 0 bridgehead atoms. The van der Waals surface area contributed by atoms with Crippen LogP contribution in [0.25, 0.3) is 0 Å². The predicted octanol–water partition coefficient (Wildman–Crippen LogP) is 1.73. The molecule has 31 heavy (non-hydrogen) atoms. The molecule has 8 nitrogen and oxygen atoms in total. The van der Waals surface area contributed by atoms with E-state index in [1.807, 2.05) is 0 Å². The van der Waals surface area contributed by atoms with E-state index in [1.165, 1.54) is 5.56 Å². The number of hydrogen-bond acceptors (Lipinski definition) is 5. The minimum absolute atomic E-state index is 0.0124. The first-order valence-electron chi connectivity index (χ1n) is 11.3. The Morgan fingerprint density at radius 1 is 1.13 bits per heavy atom. The molecule has 1 aromatic heterocycles. The summed E-state index contributed by atoms with van der Waals surface area (Å²) in [6, 6.07) is 10.5. The van der Waals surface area contributed by atoms with Crippen molar-refractivity contribution < 1.29 is 4.74 Å². The Morgan fingerprint density at radius 3 is 2.61 bits per heavy atom. The number of guanidine groups is 1. The van der Waals surface area contributed by atoms with E-state index in [0.29, 0.717) is 0 Å². The minimum atomic E-state index is -0.0124. The summed E-state index contributed by atoms with van der Waals surface area (Å²) >= 11 is 0. The molecule has 0 spiro atoms. The highest BCUT2D eigenvalue weighted by molar-refractivity contribution is 5.79. The molecule has 2 aromatic rings. The van der Waals surface area contributed by atoms with E-state index in [9.17, 15) is 0 Å². The maximum atomic E-state index is 5.51. The number of morpholine rings is 1. The van der Waals surface area contributed by atoms with Gasteiger partial charge in [-0.25, -0.2) is 0 Å². The van der Waals surface area contributed by atoms with Crippen molar-refractivity contribution in [2.75, 3.05) is 45.9 Å². The Hall–Kier alpha value is -2.45. The zero-order valence-electron chi connectivity index (χ0n) is 19.2. The number of nitrogens with one attached hydrogen (secondary N) is 2. The molecule has 3 rings (SSSR count). The summed E-state index contributed by atoms with van der Waals surface area (Å²) in [5.74, 6) is 1.86. The Labute approximate surface area is 186 Å². The average Bonchev–Trinajstić information content (AvgIpc) is 3.26. The monoisotopic (exact) mass is 427 g/mol. The van der Waals surface area contributed by atoms with Gasteiger partial charge in [-0.3, -0.25) is 9.89 Å². The van der Waals surface area contributed by atoms with Crippen LogP contribution in [0, 0.1) is 0 Å². The second kappa shape index (κ2) is 11.8. The van der Waals surface area contributed by atoms with Crippen LogP contribution < -0.4 is 10.6 Å². The van der Waals surface area contributed by atoms with Crippen LogP contribution in [0.15, 0.2) is 41.7 Å². The quantitative estimate of drug-likeness (QED) is 0.444. The third kappa shape index (κ3) is 7.33. The number of nitrogens with zero attached hydrogens (tertiary/aromatic N) is 5. The highest BCUT2D eigenvalue weighted by atomic mass is 16.5. The molecule has 1 aliphatic rings. The molecule has 1 aromatic carbocycles. The van der Waals surface area contributed by atoms with Crippen LogP contribution in [0.4, 0.5) is 0 Å². The lowest BCUT2D eigenvalue weighted by Gasteiger charge is -2.39. The first kappa shape index (κ1) is 23.2. The van der Waals surface area contributed by atoms with Crippen molar-refractivity contribution >= 4 is 5.96 Å². The molecule has 170 valence electrons. The molecule has 0 unspecified atom stereocenters. The zero-order chi connectivity index (χ0) is 21.9. The molecular formula is C23H37N7O. The summed E-state index contributed by atoms with van der Waals surface area (Å²) in [5.41, 5.74) is 1.31. The van der Waals surface area contributed by atoms with Gasteiger partial charge < -0.3 is 19.9 Å². The van der Waals surface area contributed by atoms with Crippen LogP contribution in [-0.2, 0) is 24.1 Å². The number of aryl methyl sites for hydroxylation is 1. The fourth-order valence-electron chi connectivity index (χ4n) is 3.72. The van der Waals surface area contributed by atoms with E-state index in [1.54, 1.807) is 6.33 Å². The van der Waals surface area contributed by atoms with E-state index < -0.39 is 0 Å². The Morgan fingerprint density at radius 2 is 1.87 bits per heavy atom. The van der Waals surface area contributed by atoms with Crippen molar-refractivity contribution in [2.45, 2.75) is 45.7 Å². The lowest BCUT2D eigenvalue weighted by molar-refractivity contribution is -0.00683. The first-order chi connectivity index (χ1) is 15.1. The maximum Gasteiger partial charge on any atom is 0.191 e. The van der Waals surface area contributed by atoms with Crippen molar-refractivity contribution in [1.29, 1.82) is 0 Å². The summed E-state index contributed by atoms with van der Waals surface area (Å²) in [5, 5.41) is 15.2. The Balaban J connectivity index is 1.57. The average molecular weight is 428 g/mol. The molecule has 0 atom stereocenters. The number of benzene rings is 1. The van der Waals surface area contributed by atoms with Gasteiger partial charge >= 0.3 is 0 Å². The van der Waals surface area contributed by atoms with Gasteiger partial charge in [0.05, 0.1) is 19.8 Å². The highest BCUT2D eigenvalue weighted by Crippen LogP contribution is 2.16. The van der Waals surface area contributed by atoms with Crippen molar-refractivity contribution in [3.8, 4) is 0 Å². The van der Waals surface area contributed by atoms with Crippen molar-refractivity contribution in [3.05, 3.63) is 48.0 Å². The molecule has 0 saturated carbocycles. The molecule has 0 radical (unpaired) electrons. The summed E-state index contributed by atoms with van der Waals surface area (Å²) in [6.07, 6.45) is 3.63. The van der Waals surface area contributed by atoms with Gasteiger partial charge in [-0.15, -0.1) is 10.2 Å². The SMILES string of the molecule is CCc1nncn1CCNC(=NCC(C)(C)N1CCOCC1)NCCc1ccccc1. The number of hydrogen-bond donors (Lipinski definition) is 2. The number of ether oxygens (including phenoxy) is 1. The van der Waals surface area contributed by atoms with Crippen molar-refractivity contribution in [1.82, 2.24) is 30.3 Å². The lowest BCUT2D eigenvalue weighted by atomic mass is 10.0. The Bertz CT molecular complexity index is 797. The van der Waals surface area contributed by atoms with Crippen LogP contribution in [0.5, 0.6) is 0 Å². The Kier molecular flexibility index (Phi) is 8.85. The highest BCUT2D eigenvalue weighted by Gasteiger charge is 2.28.